The Labute approximate surface area is 370 Å². The first-order chi connectivity index (χ1) is 30.8. The Hall–Kier alpha value is -7.48. The Morgan fingerprint density at radius 2 is 0.762 bits per heavy atom. The van der Waals surface area contributed by atoms with Gasteiger partial charge in [-0.25, -0.2) is 0 Å². The Balaban J connectivity index is 0.967. The molecular formula is C62H47N. The summed E-state index contributed by atoms with van der Waals surface area (Å²) in [5.74, 6) is 0. The molecule has 1 heteroatoms. The van der Waals surface area contributed by atoms with E-state index in [0.29, 0.717) is 0 Å². The fraction of sp³-hybridized carbons (Fsp3) is 0.0968. The Kier molecular flexibility index (Phi) is 8.30. The standard InChI is InChI=1S/C62H47N/c1-61(2)57-25-11-9-19-52(57)54-38-36-45(39-59(54)61)63(44-34-29-42(30-35-44)48-21-13-22-49-46-16-6-5-15-40(46)31-37-51(48)49)43-32-27-41(28-33-43)47-17-7-8-18-50(47)55-23-14-24-56-53-20-10-12-26-58(53)62(3,4)60(55)56/h5-39H,1-4H3. The summed E-state index contributed by atoms with van der Waals surface area (Å²) in [5, 5.41) is 5.10. The van der Waals surface area contributed by atoms with E-state index in [2.05, 4.69) is 245 Å². The molecule has 0 radical (unpaired) electrons. The molecule has 0 aromatic heterocycles. The minimum atomic E-state index is -0.114. The van der Waals surface area contributed by atoms with Crippen LogP contribution in [0.4, 0.5) is 17.1 Å². The van der Waals surface area contributed by atoms with Crippen molar-refractivity contribution >= 4 is 38.6 Å². The van der Waals surface area contributed by atoms with Crippen molar-refractivity contribution in [2.75, 3.05) is 4.90 Å². The number of hydrogen-bond acceptors (Lipinski definition) is 1. The Morgan fingerprint density at radius 1 is 0.286 bits per heavy atom. The van der Waals surface area contributed by atoms with Crippen LogP contribution in [0.2, 0.25) is 0 Å². The molecule has 0 saturated heterocycles. The van der Waals surface area contributed by atoms with Crippen LogP contribution in [-0.2, 0) is 10.8 Å². The van der Waals surface area contributed by atoms with Crippen LogP contribution in [0.25, 0.3) is 77.2 Å². The lowest BCUT2D eigenvalue weighted by Gasteiger charge is -2.28. The molecule has 0 unspecified atom stereocenters. The van der Waals surface area contributed by atoms with Gasteiger partial charge in [-0.3, -0.25) is 0 Å². The topological polar surface area (TPSA) is 3.24 Å². The molecule has 0 aliphatic heterocycles. The first-order valence-electron chi connectivity index (χ1n) is 22.3. The van der Waals surface area contributed by atoms with Crippen molar-refractivity contribution in [1.82, 2.24) is 0 Å². The molecule has 1 nitrogen and oxygen atoms in total. The van der Waals surface area contributed by atoms with Crippen molar-refractivity contribution in [2.45, 2.75) is 38.5 Å². The molecule has 0 N–H and O–H groups in total. The van der Waals surface area contributed by atoms with E-state index in [0.717, 1.165) is 17.1 Å². The highest BCUT2D eigenvalue weighted by atomic mass is 15.1. The highest BCUT2D eigenvalue weighted by Crippen LogP contribution is 2.54. The molecule has 300 valence electrons. The number of hydrogen-bond donors (Lipinski definition) is 0. The molecule has 63 heavy (non-hydrogen) atoms. The van der Waals surface area contributed by atoms with E-state index in [1.165, 1.54) is 99.4 Å². The number of nitrogens with zero attached hydrogens (tertiary/aromatic N) is 1. The summed E-state index contributed by atoms with van der Waals surface area (Å²) >= 11 is 0. The van der Waals surface area contributed by atoms with E-state index in [1.54, 1.807) is 0 Å². The van der Waals surface area contributed by atoms with Crippen LogP contribution in [0.5, 0.6) is 0 Å². The summed E-state index contributed by atoms with van der Waals surface area (Å²) in [6, 6.07) is 79.0. The van der Waals surface area contributed by atoms with E-state index in [4.69, 9.17) is 0 Å². The molecule has 12 rings (SSSR count). The quantitative estimate of drug-likeness (QED) is 0.151. The van der Waals surface area contributed by atoms with Gasteiger partial charge in [-0.05, 0) is 136 Å². The molecule has 10 aromatic rings. The maximum atomic E-state index is 2.43. The minimum absolute atomic E-state index is 0.108. The van der Waals surface area contributed by atoms with Gasteiger partial charge in [-0.2, -0.15) is 0 Å². The molecule has 0 amide bonds. The molecule has 0 bridgehead atoms. The zero-order valence-electron chi connectivity index (χ0n) is 36.2. The summed E-state index contributed by atoms with van der Waals surface area (Å²) in [6.45, 7) is 9.48. The summed E-state index contributed by atoms with van der Waals surface area (Å²) in [4.78, 5) is 2.43. The highest BCUT2D eigenvalue weighted by Gasteiger charge is 2.38. The second-order valence-corrected chi connectivity index (χ2v) is 18.5. The van der Waals surface area contributed by atoms with E-state index in [-0.39, 0.29) is 10.8 Å². The SMILES string of the molecule is CC1(C)c2ccccc2-c2ccc(N(c3ccc(-c4ccccc4-c4cccc5c4C(C)(C)c4ccccc4-5)cc3)c3ccc(-c4cccc5c4ccc4ccccc45)cc3)cc21. The van der Waals surface area contributed by atoms with Crippen molar-refractivity contribution in [3.05, 3.63) is 235 Å². The predicted molar refractivity (Wildman–Crippen MR) is 268 cm³/mol. The van der Waals surface area contributed by atoms with Gasteiger partial charge in [-0.1, -0.05) is 204 Å². The smallest absolute Gasteiger partial charge is 0.0465 e. The van der Waals surface area contributed by atoms with Gasteiger partial charge in [-0.15, -0.1) is 0 Å². The average Bonchev–Trinajstić information content (AvgIpc) is 3.71. The van der Waals surface area contributed by atoms with Gasteiger partial charge in [0, 0.05) is 27.9 Å². The summed E-state index contributed by atoms with van der Waals surface area (Å²) in [6.07, 6.45) is 0. The van der Waals surface area contributed by atoms with E-state index >= 15 is 0 Å². The van der Waals surface area contributed by atoms with Crippen molar-refractivity contribution in [1.29, 1.82) is 0 Å². The molecule has 0 spiro atoms. The molecular weight excluding hydrogens is 759 g/mol. The third-order valence-corrected chi connectivity index (χ3v) is 14.3. The van der Waals surface area contributed by atoms with E-state index < -0.39 is 0 Å². The van der Waals surface area contributed by atoms with Crippen LogP contribution < -0.4 is 4.90 Å². The predicted octanol–water partition coefficient (Wildman–Crippen LogP) is 17.1. The number of benzene rings is 10. The largest absolute Gasteiger partial charge is 0.310 e. The maximum Gasteiger partial charge on any atom is 0.0465 e. The zero-order valence-corrected chi connectivity index (χ0v) is 36.2. The second kappa shape index (κ2) is 14.0. The van der Waals surface area contributed by atoms with Crippen LogP contribution in [0.15, 0.2) is 212 Å². The Morgan fingerprint density at radius 3 is 1.48 bits per heavy atom. The fourth-order valence-electron chi connectivity index (χ4n) is 11.2. The molecule has 0 atom stereocenters. The Bertz CT molecular complexity index is 3440. The molecule has 2 aliphatic carbocycles. The lowest BCUT2D eigenvalue weighted by Crippen LogP contribution is -2.16. The van der Waals surface area contributed by atoms with Crippen LogP contribution in [0, 0.1) is 0 Å². The lowest BCUT2D eigenvalue weighted by atomic mass is 9.78. The van der Waals surface area contributed by atoms with Crippen molar-refractivity contribution in [2.24, 2.45) is 0 Å². The lowest BCUT2D eigenvalue weighted by molar-refractivity contribution is 0.660. The van der Waals surface area contributed by atoms with Crippen LogP contribution >= 0.6 is 0 Å². The van der Waals surface area contributed by atoms with Gasteiger partial charge in [0.2, 0.25) is 0 Å². The van der Waals surface area contributed by atoms with Crippen LogP contribution in [0.3, 0.4) is 0 Å². The van der Waals surface area contributed by atoms with Crippen LogP contribution in [0.1, 0.15) is 49.9 Å². The van der Waals surface area contributed by atoms with Gasteiger partial charge in [0.05, 0.1) is 0 Å². The summed E-state index contributed by atoms with van der Waals surface area (Å²) in [5.41, 5.74) is 21.5. The van der Waals surface area contributed by atoms with Crippen molar-refractivity contribution < 1.29 is 0 Å². The van der Waals surface area contributed by atoms with Crippen molar-refractivity contribution in [3.8, 4) is 55.6 Å². The highest BCUT2D eigenvalue weighted by molar-refractivity contribution is 6.12. The van der Waals surface area contributed by atoms with E-state index in [1.807, 2.05) is 0 Å². The van der Waals surface area contributed by atoms with Gasteiger partial charge in [0.15, 0.2) is 0 Å². The number of fused-ring (bicyclic) bond motifs is 9. The molecule has 10 aromatic carbocycles. The third kappa shape index (κ3) is 5.69. The monoisotopic (exact) mass is 805 g/mol. The number of rotatable bonds is 6. The molecule has 0 saturated carbocycles. The first kappa shape index (κ1) is 37.3. The maximum absolute atomic E-state index is 2.43. The second-order valence-electron chi connectivity index (χ2n) is 18.5. The molecule has 0 fully saturated rings. The molecule has 2 aliphatic rings. The van der Waals surface area contributed by atoms with E-state index in [9.17, 15) is 0 Å². The zero-order chi connectivity index (χ0) is 42.5. The first-order valence-corrected chi connectivity index (χ1v) is 22.3. The van der Waals surface area contributed by atoms with Gasteiger partial charge in [0.1, 0.15) is 0 Å². The summed E-state index contributed by atoms with van der Waals surface area (Å²) in [7, 11) is 0. The van der Waals surface area contributed by atoms with Crippen molar-refractivity contribution in [3.63, 3.8) is 0 Å². The van der Waals surface area contributed by atoms with Crippen LogP contribution in [-0.4, -0.2) is 0 Å². The number of anilines is 3. The normalized spacial score (nSPS) is 14.0. The minimum Gasteiger partial charge on any atom is -0.310 e. The average molecular weight is 806 g/mol. The van der Waals surface area contributed by atoms with Gasteiger partial charge < -0.3 is 4.90 Å². The third-order valence-electron chi connectivity index (χ3n) is 14.3. The molecule has 0 heterocycles. The van der Waals surface area contributed by atoms with Gasteiger partial charge >= 0.3 is 0 Å². The fourth-order valence-corrected chi connectivity index (χ4v) is 11.2. The summed E-state index contributed by atoms with van der Waals surface area (Å²) < 4.78 is 0. The van der Waals surface area contributed by atoms with Gasteiger partial charge in [0.25, 0.3) is 0 Å².